The highest BCUT2D eigenvalue weighted by atomic mass is 32.1. The van der Waals surface area contributed by atoms with Gasteiger partial charge >= 0.3 is 0 Å². The minimum absolute atomic E-state index is 0.622. The molecule has 0 atom stereocenters. The average molecular weight is 248 g/mol. The molecule has 5 heteroatoms. The van der Waals surface area contributed by atoms with E-state index in [1.165, 1.54) is 5.56 Å². The van der Waals surface area contributed by atoms with Gasteiger partial charge in [-0.25, -0.2) is 0 Å². The second-order valence-electron chi connectivity index (χ2n) is 3.86. The van der Waals surface area contributed by atoms with E-state index in [2.05, 4.69) is 27.2 Å². The number of nitrogens with two attached hydrogens (primary N) is 1. The Labute approximate surface area is 105 Å². The third kappa shape index (κ3) is 3.25. The second-order valence-corrected chi connectivity index (χ2v) is 4.90. The van der Waals surface area contributed by atoms with Gasteiger partial charge in [0.2, 0.25) is 5.13 Å². The van der Waals surface area contributed by atoms with Crippen LogP contribution in [0.2, 0.25) is 0 Å². The number of hydrogen-bond acceptors (Lipinski definition) is 5. The van der Waals surface area contributed by atoms with Crippen LogP contribution in [0.15, 0.2) is 30.3 Å². The summed E-state index contributed by atoms with van der Waals surface area (Å²) in [6, 6.07) is 10.3. The Morgan fingerprint density at radius 2 is 2.00 bits per heavy atom. The van der Waals surface area contributed by atoms with Gasteiger partial charge in [-0.3, -0.25) is 0 Å². The van der Waals surface area contributed by atoms with Gasteiger partial charge in [0.05, 0.1) is 0 Å². The Bertz CT molecular complexity index is 455. The number of anilines is 1. The van der Waals surface area contributed by atoms with Crippen LogP contribution in [0, 0.1) is 0 Å². The van der Waals surface area contributed by atoms with Crippen molar-refractivity contribution in [3.63, 3.8) is 0 Å². The molecule has 0 amide bonds. The van der Waals surface area contributed by atoms with Gasteiger partial charge in [0.1, 0.15) is 5.01 Å². The molecule has 0 aliphatic rings. The lowest BCUT2D eigenvalue weighted by Gasteiger charge is -2.14. The zero-order chi connectivity index (χ0) is 12.1. The first-order chi connectivity index (χ1) is 8.29. The van der Waals surface area contributed by atoms with Gasteiger partial charge in [-0.2, -0.15) is 0 Å². The zero-order valence-electron chi connectivity index (χ0n) is 9.84. The number of hydrogen-bond donors (Lipinski definition) is 1. The summed E-state index contributed by atoms with van der Waals surface area (Å²) in [5.41, 5.74) is 6.76. The number of nitrogens with zero attached hydrogens (tertiary/aromatic N) is 3. The van der Waals surface area contributed by atoms with Crippen LogP contribution in [0.3, 0.4) is 0 Å². The van der Waals surface area contributed by atoms with E-state index in [1.807, 2.05) is 25.2 Å². The zero-order valence-corrected chi connectivity index (χ0v) is 10.7. The largest absolute Gasteiger partial charge is 0.345 e. The molecule has 0 fully saturated rings. The highest BCUT2D eigenvalue weighted by Gasteiger charge is 2.08. The molecule has 0 aliphatic carbocycles. The van der Waals surface area contributed by atoms with Crippen molar-refractivity contribution in [3.8, 4) is 0 Å². The summed E-state index contributed by atoms with van der Waals surface area (Å²) in [6.45, 7) is 1.47. The van der Waals surface area contributed by atoms with Gasteiger partial charge in [-0.1, -0.05) is 41.7 Å². The summed E-state index contributed by atoms with van der Waals surface area (Å²) in [4.78, 5) is 2.10. The van der Waals surface area contributed by atoms with Crippen molar-refractivity contribution < 1.29 is 0 Å². The van der Waals surface area contributed by atoms with Crippen LogP contribution in [-0.4, -0.2) is 23.8 Å². The van der Waals surface area contributed by atoms with Crippen molar-refractivity contribution >= 4 is 16.5 Å². The molecule has 2 rings (SSSR count). The summed E-state index contributed by atoms with van der Waals surface area (Å²) in [5.74, 6) is 0. The lowest BCUT2D eigenvalue weighted by molar-refractivity contribution is 0.873. The van der Waals surface area contributed by atoms with Gasteiger partial charge in [0, 0.05) is 20.0 Å². The Balaban J connectivity index is 2.01. The monoisotopic (exact) mass is 248 g/mol. The van der Waals surface area contributed by atoms with E-state index in [0.29, 0.717) is 6.54 Å². The van der Waals surface area contributed by atoms with Crippen LogP contribution < -0.4 is 10.6 Å². The fourth-order valence-electron chi connectivity index (χ4n) is 1.55. The van der Waals surface area contributed by atoms with Crippen molar-refractivity contribution in [2.75, 3.05) is 18.5 Å². The van der Waals surface area contributed by atoms with Crippen LogP contribution >= 0.6 is 11.3 Å². The molecule has 17 heavy (non-hydrogen) atoms. The van der Waals surface area contributed by atoms with Crippen molar-refractivity contribution in [3.05, 3.63) is 40.9 Å². The van der Waals surface area contributed by atoms with Gasteiger partial charge < -0.3 is 10.6 Å². The maximum absolute atomic E-state index is 5.49. The molecule has 1 aromatic carbocycles. The van der Waals surface area contributed by atoms with Crippen LogP contribution in [0.4, 0.5) is 5.13 Å². The number of benzene rings is 1. The maximum atomic E-state index is 5.49. The second kappa shape index (κ2) is 5.75. The van der Waals surface area contributed by atoms with Crippen molar-refractivity contribution in [1.82, 2.24) is 10.2 Å². The minimum Gasteiger partial charge on any atom is -0.345 e. The molecule has 0 spiro atoms. The third-order valence-electron chi connectivity index (χ3n) is 2.40. The van der Waals surface area contributed by atoms with Gasteiger partial charge in [0.25, 0.3) is 0 Å². The van der Waals surface area contributed by atoms with E-state index in [-0.39, 0.29) is 0 Å². The van der Waals surface area contributed by atoms with Gasteiger partial charge in [0.15, 0.2) is 0 Å². The van der Waals surface area contributed by atoms with E-state index >= 15 is 0 Å². The van der Waals surface area contributed by atoms with E-state index in [9.17, 15) is 0 Å². The highest BCUT2D eigenvalue weighted by molar-refractivity contribution is 7.15. The highest BCUT2D eigenvalue weighted by Crippen LogP contribution is 2.20. The lowest BCUT2D eigenvalue weighted by atomic mass is 10.2. The predicted molar refractivity (Wildman–Crippen MR) is 71.2 cm³/mol. The molecule has 2 aromatic rings. The molecule has 2 N–H and O–H groups in total. The molecule has 0 saturated heterocycles. The van der Waals surface area contributed by atoms with Gasteiger partial charge in [-0.15, -0.1) is 10.2 Å². The Morgan fingerprint density at radius 3 is 2.71 bits per heavy atom. The van der Waals surface area contributed by atoms with E-state index in [0.717, 1.165) is 23.1 Å². The van der Waals surface area contributed by atoms with Crippen molar-refractivity contribution in [2.45, 2.75) is 13.0 Å². The quantitative estimate of drug-likeness (QED) is 0.874. The Morgan fingerprint density at radius 1 is 1.24 bits per heavy atom. The first-order valence-electron chi connectivity index (χ1n) is 5.57. The van der Waals surface area contributed by atoms with Crippen molar-refractivity contribution in [2.24, 2.45) is 5.73 Å². The fraction of sp³-hybridized carbons (Fsp3) is 0.333. The summed E-state index contributed by atoms with van der Waals surface area (Å²) in [7, 11) is 2.03. The molecule has 0 radical (unpaired) electrons. The maximum Gasteiger partial charge on any atom is 0.208 e. The summed E-state index contributed by atoms with van der Waals surface area (Å²) in [6.07, 6.45) is 0.802. The fourth-order valence-corrected chi connectivity index (χ4v) is 2.36. The predicted octanol–water partition coefficient (Wildman–Crippen LogP) is 1.68. The summed E-state index contributed by atoms with van der Waals surface area (Å²) < 4.78 is 0. The lowest BCUT2D eigenvalue weighted by Crippen LogP contribution is -2.15. The van der Waals surface area contributed by atoms with E-state index in [1.54, 1.807) is 11.3 Å². The average Bonchev–Trinajstić information content (AvgIpc) is 2.79. The molecule has 90 valence electrons. The van der Waals surface area contributed by atoms with Gasteiger partial charge in [-0.05, 0) is 12.1 Å². The van der Waals surface area contributed by atoms with Crippen LogP contribution in [0.25, 0.3) is 0 Å². The normalized spacial score (nSPS) is 10.5. The summed E-state index contributed by atoms with van der Waals surface area (Å²) in [5, 5.41) is 10.2. The van der Waals surface area contributed by atoms with E-state index in [4.69, 9.17) is 5.73 Å². The Kier molecular flexibility index (Phi) is 4.06. The van der Waals surface area contributed by atoms with E-state index < -0.39 is 0 Å². The molecule has 0 saturated carbocycles. The molecule has 4 nitrogen and oxygen atoms in total. The smallest absolute Gasteiger partial charge is 0.208 e. The molecular weight excluding hydrogens is 232 g/mol. The van der Waals surface area contributed by atoms with Crippen molar-refractivity contribution in [1.29, 1.82) is 0 Å². The van der Waals surface area contributed by atoms with Crippen LogP contribution in [0.1, 0.15) is 10.6 Å². The molecule has 0 unspecified atom stereocenters. The topological polar surface area (TPSA) is 55.0 Å². The SMILES string of the molecule is CN(Cc1ccccc1)c1nnc(CCN)s1. The molecule has 1 heterocycles. The van der Waals surface area contributed by atoms with Crippen LogP contribution in [0.5, 0.6) is 0 Å². The molecule has 0 aliphatic heterocycles. The molecule has 0 bridgehead atoms. The third-order valence-corrected chi connectivity index (χ3v) is 3.50. The Hall–Kier alpha value is -1.46. The first-order valence-corrected chi connectivity index (χ1v) is 6.39. The number of aromatic nitrogens is 2. The number of rotatable bonds is 5. The summed E-state index contributed by atoms with van der Waals surface area (Å²) >= 11 is 1.61. The van der Waals surface area contributed by atoms with Crippen LogP contribution in [-0.2, 0) is 13.0 Å². The molecule has 1 aromatic heterocycles. The molecular formula is C12H16N4S. The minimum atomic E-state index is 0.622. The first kappa shape index (κ1) is 12.0. The standard InChI is InChI=1S/C12H16N4S/c1-16(9-10-5-3-2-4-6-10)12-15-14-11(17-12)7-8-13/h2-6H,7-9,13H2,1H3.